The second-order valence-electron chi connectivity index (χ2n) is 2.44. The average molecular weight is 202 g/mol. The Labute approximate surface area is 78.7 Å². The number of carbonyl (C=O) groups excluding carboxylic acids is 1. The zero-order chi connectivity index (χ0) is 10.7. The maximum absolute atomic E-state index is 12.7. The molecule has 0 aromatic heterocycles. The van der Waals surface area contributed by atoms with Crippen LogP contribution in [0.2, 0.25) is 0 Å². The van der Waals surface area contributed by atoms with E-state index >= 15 is 0 Å². The molecule has 1 rings (SSSR count). The van der Waals surface area contributed by atoms with Crippen LogP contribution in [-0.4, -0.2) is 13.1 Å². The number of amides is 1. The van der Waals surface area contributed by atoms with Crippen molar-refractivity contribution in [1.82, 2.24) is 5.32 Å². The van der Waals surface area contributed by atoms with Crippen LogP contribution in [-0.2, 0) is 0 Å². The predicted octanol–water partition coefficient (Wildman–Crippen LogP) is 1.27. The molecule has 0 fully saturated rings. The molecule has 76 valence electrons. The number of ether oxygens (including phenoxy) is 1. The van der Waals surface area contributed by atoms with Gasteiger partial charge in [-0.25, -0.2) is 13.6 Å². The van der Waals surface area contributed by atoms with E-state index in [-0.39, 0.29) is 11.4 Å². The molecule has 6 heteroatoms. The van der Waals surface area contributed by atoms with E-state index in [0.717, 1.165) is 6.07 Å². The summed E-state index contributed by atoms with van der Waals surface area (Å²) in [6, 6.07) is 1.45. The third kappa shape index (κ3) is 2.09. The van der Waals surface area contributed by atoms with Crippen LogP contribution in [0.25, 0.3) is 0 Å². The first kappa shape index (κ1) is 10.2. The number of anilines is 1. The van der Waals surface area contributed by atoms with Crippen LogP contribution >= 0.6 is 0 Å². The van der Waals surface area contributed by atoms with E-state index in [0.29, 0.717) is 6.07 Å². The van der Waals surface area contributed by atoms with Gasteiger partial charge < -0.3 is 15.8 Å². The van der Waals surface area contributed by atoms with Crippen molar-refractivity contribution in [2.24, 2.45) is 0 Å². The molecule has 1 amide bonds. The lowest BCUT2D eigenvalue weighted by molar-refractivity contribution is 0.203. The van der Waals surface area contributed by atoms with Crippen molar-refractivity contribution < 1.29 is 18.3 Å². The lowest BCUT2D eigenvalue weighted by atomic mass is 10.3. The molecule has 0 saturated carbocycles. The zero-order valence-electron chi connectivity index (χ0n) is 7.30. The number of nitrogen functional groups attached to an aromatic ring is 1. The molecule has 0 aliphatic heterocycles. The Morgan fingerprint density at radius 2 is 2.00 bits per heavy atom. The van der Waals surface area contributed by atoms with Crippen LogP contribution < -0.4 is 15.8 Å². The Balaban J connectivity index is 2.98. The number of benzene rings is 1. The summed E-state index contributed by atoms with van der Waals surface area (Å²) < 4.78 is 29.8. The van der Waals surface area contributed by atoms with Gasteiger partial charge in [0.2, 0.25) is 0 Å². The topological polar surface area (TPSA) is 64.3 Å². The normalized spacial score (nSPS) is 9.64. The number of nitrogens with one attached hydrogen (secondary N) is 1. The molecular weight excluding hydrogens is 194 g/mol. The lowest BCUT2D eigenvalue weighted by Crippen LogP contribution is -2.22. The minimum Gasteiger partial charge on any atom is -0.408 e. The van der Waals surface area contributed by atoms with Gasteiger partial charge in [0, 0.05) is 19.2 Å². The summed E-state index contributed by atoms with van der Waals surface area (Å²) in [5, 5.41) is 2.14. The fourth-order valence-corrected chi connectivity index (χ4v) is 0.783. The molecule has 0 atom stereocenters. The molecule has 14 heavy (non-hydrogen) atoms. The Bertz CT molecular complexity index is 369. The van der Waals surface area contributed by atoms with E-state index in [4.69, 9.17) is 5.73 Å². The number of halogens is 2. The van der Waals surface area contributed by atoms with E-state index in [9.17, 15) is 13.6 Å². The van der Waals surface area contributed by atoms with Gasteiger partial charge in [-0.05, 0) is 0 Å². The highest BCUT2D eigenvalue weighted by molar-refractivity contribution is 5.72. The summed E-state index contributed by atoms with van der Waals surface area (Å²) in [6.07, 6.45) is -0.803. The van der Waals surface area contributed by atoms with Crippen LogP contribution in [0.1, 0.15) is 0 Å². The highest BCUT2D eigenvalue weighted by atomic mass is 19.2. The molecule has 0 aliphatic rings. The Morgan fingerprint density at radius 1 is 1.43 bits per heavy atom. The third-order valence-electron chi connectivity index (χ3n) is 1.46. The van der Waals surface area contributed by atoms with Gasteiger partial charge in [-0.15, -0.1) is 0 Å². The van der Waals surface area contributed by atoms with Crippen molar-refractivity contribution in [2.75, 3.05) is 12.8 Å². The molecule has 0 bridgehead atoms. The molecule has 0 radical (unpaired) electrons. The Kier molecular flexibility index (Phi) is 2.85. The van der Waals surface area contributed by atoms with E-state index in [1.54, 1.807) is 0 Å². The minimum atomic E-state index is -1.13. The van der Waals surface area contributed by atoms with Crippen molar-refractivity contribution in [1.29, 1.82) is 0 Å². The first-order valence-corrected chi connectivity index (χ1v) is 3.68. The van der Waals surface area contributed by atoms with Gasteiger partial charge in [0.25, 0.3) is 0 Å². The van der Waals surface area contributed by atoms with Gasteiger partial charge in [-0.3, -0.25) is 0 Å². The number of carbonyl (C=O) groups is 1. The summed E-state index contributed by atoms with van der Waals surface area (Å²) in [7, 11) is 1.33. The fourth-order valence-electron chi connectivity index (χ4n) is 0.783. The molecule has 1 aromatic carbocycles. The van der Waals surface area contributed by atoms with Gasteiger partial charge in [-0.2, -0.15) is 0 Å². The highest BCUT2D eigenvalue weighted by Gasteiger charge is 2.11. The standard InChI is InChI=1S/C8H8F2N2O2/c1-12-8(13)14-7-3-5(10)4(9)2-6(7)11/h2-3H,11H2,1H3,(H,12,13). The molecular formula is C8H8F2N2O2. The van der Waals surface area contributed by atoms with Crippen LogP contribution in [0.4, 0.5) is 19.3 Å². The summed E-state index contributed by atoms with van der Waals surface area (Å²) in [4.78, 5) is 10.7. The van der Waals surface area contributed by atoms with Gasteiger partial charge >= 0.3 is 6.09 Å². The summed E-state index contributed by atoms with van der Waals surface area (Å²) in [6.45, 7) is 0. The average Bonchev–Trinajstić information content (AvgIpc) is 2.14. The SMILES string of the molecule is CNC(=O)Oc1cc(F)c(F)cc1N. The zero-order valence-corrected chi connectivity index (χ0v) is 7.30. The van der Waals surface area contributed by atoms with E-state index in [1.165, 1.54) is 7.05 Å². The van der Waals surface area contributed by atoms with Gasteiger partial charge in [0.05, 0.1) is 5.69 Å². The summed E-state index contributed by atoms with van der Waals surface area (Å²) >= 11 is 0. The number of hydrogen-bond acceptors (Lipinski definition) is 3. The number of rotatable bonds is 1. The van der Waals surface area contributed by atoms with Crippen molar-refractivity contribution in [3.63, 3.8) is 0 Å². The smallest absolute Gasteiger partial charge is 0.408 e. The summed E-state index contributed by atoms with van der Waals surface area (Å²) in [5.74, 6) is -2.44. The van der Waals surface area contributed by atoms with Crippen molar-refractivity contribution >= 4 is 11.8 Å². The Hall–Kier alpha value is -1.85. The maximum atomic E-state index is 12.7. The number of nitrogens with two attached hydrogens (primary N) is 1. The van der Waals surface area contributed by atoms with E-state index in [2.05, 4.69) is 10.1 Å². The third-order valence-corrected chi connectivity index (χ3v) is 1.46. The van der Waals surface area contributed by atoms with Crippen molar-refractivity contribution in [3.8, 4) is 5.75 Å². The first-order chi connectivity index (χ1) is 6.54. The van der Waals surface area contributed by atoms with Crippen LogP contribution in [0.3, 0.4) is 0 Å². The fraction of sp³-hybridized carbons (Fsp3) is 0.125. The maximum Gasteiger partial charge on any atom is 0.412 e. The van der Waals surface area contributed by atoms with Crippen LogP contribution in [0, 0.1) is 11.6 Å². The molecule has 4 nitrogen and oxygen atoms in total. The molecule has 0 unspecified atom stereocenters. The number of hydrogen-bond donors (Lipinski definition) is 2. The quantitative estimate of drug-likeness (QED) is 0.674. The van der Waals surface area contributed by atoms with Crippen LogP contribution in [0.5, 0.6) is 5.75 Å². The van der Waals surface area contributed by atoms with E-state index < -0.39 is 17.7 Å². The second kappa shape index (κ2) is 3.91. The molecule has 1 aromatic rings. The largest absolute Gasteiger partial charge is 0.412 e. The van der Waals surface area contributed by atoms with E-state index in [1.807, 2.05) is 0 Å². The minimum absolute atomic E-state index is 0.146. The first-order valence-electron chi connectivity index (χ1n) is 3.68. The molecule has 0 saturated heterocycles. The predicted molar refractivity (Wildman–Crippen MR) is 45.9 cm³/mol. The second-order valence-corrected chi connectivity index (χ2v) is 2.44. The lowest BCUT2D eigenvalue weighted by Gasteiger charge is -2.06. The van der Waals surface area contributed by atoms with Gasteiger partial charge in [0.1, 0.15) is 0 Å². The van der Waals surface area contributed by atoms with Crippen molar-refractivity contribution in [3.05, 3.63) is 23.8 Å². The summed E-state index contributed by atoms with van der Waals surface area (Å²) in [5.41, 5.74) is 5.14. The molecule has 0 heterocycles. The van der Waals surface area contributed by atoms with Crippen molar-refractivity contribution in [2.45, 2.75) is 0 Å². The molecule has 0 aliphatic carbocycles. The van der Waals surface area contributed by atoms with Gasteiger partial charge in [0.15, 0.2) is 17.4 Å². The van der Waals surface area contributed by atoms with Crippen LogP contribution in [0.15, 0.2) is 12.1 Å². The highest BCUT2D eigenvalue weighted by Crippen LogP contribution is 2.24. The monoisotopic (exact) mass is 202 g/mol. The molecule has 0 spiro atoms. The Morgan fingerprint density at radius 3 is 2.57 bits per heavy atom. The molecule has 3 N–H and O–H groups in total. The van der Waals surface area contributed by atoms with Gasteiger partial charge in [-0.1, -0.05) is 0 Å².